The summed E-state index contributed by atoms with van der Waals surface area (Å²) in [6, 6.07) is 0. The summed E-state index contributed by atoms with van der Waals surface area (Å²) in [4.78, 5) is 10.2. The molecular weight excluding hydrogens is 108 g/mol. The first-order valence-electron chi connectivity index (χ1n) is 2.04. The average molecular weight is 116 g/mol. The van der Waals surface area contributed by atoms with Crippen molar-refractivity contribution in [1.82, 2.24) is 0 Å². The molecule has 0 spiro atoms. The smallest absolute Gasteiger partial charge is 0.211 e. The molecule has 0 rings (SSSR count). The fraction of sp³-hybridized carbons (Fsp3) is 0.400. The van der Waals surface area contributed by atoms with E-state index in [2.05, 4.69) is 12.6 Å². The highest BCUT2D eigenvalue weighted by molar-refractivity contribution is 7.97. The van der Waals surface area contributed by atoms with Crippen LogP contribution in [0.4, 0.5) is 0 Å². The van der Waals surface area contributed by atoms with E-state index in [0.29, 0.717) is 5.57 Å². The Kier molecular flexibility index (Phi) is 2.76. The Morgan fingerprint density at radius 2 is 2.14 bits per heavy atom. The predicted molar refractivity (Wildman–Crippen MR) is 33.4 cm³/mol. The monoisotopic (exact) mass is 116 g/mol. The highest BCUT2D eigenvalue weighted by Crippen LogP contribution is 1.95. The maximum Gasteiger partial charge on any atom is 0.211 e. The van der Waals surface area contributed by atoms with Crippen LogP contribution in [0.3, 0.4) is 0 Å². The highest BCUT2D eigenvalue weighted by atomic mass is 32.1. The van der Waals surface area contributed by atoms with E-state index in [1.807, 2.05) is 6.92 Å². The van der Waals surface area contributed by atoms with Gasteiger partial charge in [0, 0.05) is 0 Å². The molecule has 2 heteroatoms. The highest BCUT2D eigenvalue weighted by Gasteiger charge is 1.90. The number of thiol groups is 1. The Morgan fingerprint density at radius 1 is 1.71 bits per heavy atom. The fourth-order valence-electron chi connectivity index (χ4n) is 0.123. The van der Waals surface area contributed by atoms with Gasteiger partial charge < -0.3 is 0 Å². The van der Waals surface area contributed by atoms with Crippen molar-refractivity contribution in [2.45, 2.75) is 13.8 Å². The molecule has 0 aliphatic heterocycles. The molecule has 0 aliphatic rings. The van der Waals surface area contributed by atoms with Gasteiger partial charge in [-0.2, -0.15) is 0 Å². The summed E-state index contributed by atoms with van der Waals surface area (Å²) in [5, 5.41) is -0.150. The lowest BCUT2D eigenvalue weighted by Gasteiger charge is -1.84. The molecule has 7 heavy (non-hydrogen) atoms. The molecule has 0 radical (unpaired) electrons. The van der Waals surface area contributed by atoms with Crippen LogP contribution in [0, 0.1) is 0 Å². The molecule has 0 aliphatic carbocycles. The molecule has 0 amide bonds. The van der Waals surface area contributed by atoms with E-state index in [9.17, 15) is 4.79 Å². The molecule has 0 N–H and O–H groups in total. The first-order chi connectivity index (χ1) is 3.18. The predicted octanol–water partition coefficient (Wildman–Crippen LogP) is 1.41. The average Bonchev–Trinajstić information content (AvgIpc) is 1.65. The lowest BCUT2D eigenvalue weighted by Crippen LogP contribution is -1.84. The van der Waals surface area contributed by atoms with Crippen LogP contribution in [0.2, 0.25) is 0 Å². The van der Waals surface area contributed by atoms with Gasteiger partial charge in [0.1, 0.15) is 0 Å². The van der Waals surface area contributed by atoms with E-state index < -0.39 is 0 Å². The van der Waals surface area contributed by atoms with Crippen molar-refractivity contribution in [3.05, 3.63) is 11.6 Å². The zero-order chi connectivity index (χ0) is 5.86. The third kappa shape index (κ3) is 2.45. The van der Waals surface area contributed by atoms with Crippen molar-refractivity contribution in [2.24, 2.45) is 0 Å². The van der Waals surface area contributed by atoms with Gasteiger partial charge in [0.15, 0.2) is 0 Å². The molecule has 0 aromatic rings. The Labute approximate surface area is 48.8 Å². The lowest BCUT2D eigenvalue weighted by atomic mass is 10.3. The minimum absolute atomic E-state index is 0.150. The number of carbonyl (C=O) groups is 1. The second kappa shape index (κ2) is 2.86. The molecule has 0 heterocycles. The fourth-order valence-corrected chi connectivity index (χ4v) is 0.253. The molecule has 0 fully saturated rings. The Balaban J connectivity index is 3.82. The molecular formula is C5H8OS. The maximum atomic E-state index is 10.2. The first kappa shape index (κ1) is 6.76. The molecule has 0 atom stereocenters. The SMILES string of the molecule is C/C=C(\C)C(=O)S. The minimum Gasteiger partial charge on any atom is -0.282 e. The molecule has 0 bridgehead atoms. The molecule has 0 aromatic carbocycles. The third-order valence-electron chi connectivity index (χ3n) is 0.770. The normalized spacial score (nSPS) is 11.6. The zero-order valence-corrected chi connectivity index (χ0v) is 5.33. The van der Waals surface area contributed by atoms with Gasteiger partial charge in [-0.05, 0) is 19.4 Å². The molecule has 0 aromatic heterocycles. The second-order valence-corrected chi connectivity index (χ2v) is 1.68. The van der Waals surface area contributed by atoms with Crippen LogP contribution < -0.4 is 0 Å². The quantitative estimate of drug-likeness (QED) is 0.405. The molecule has 40 valence electrons. The molecule has 0 saturated carbocycles. The van der Waals surface area contributed by atoms with E-state index in [-0.39, 0.29) is 5.12 Å². The number of hydrogen-bond acceptors (Lipinski definition) is 1. The van der Waals surface area contributed by atoms with Crippen LogP contribution in [-0.2, 0) is 4.79 Å². The van der Waals surface area contributed by atoms with Crippen LogP contribution in [0.5, 0.6) is 0 Å². The summed E-state index contributed by atoms with van der Waals surface area (Å²) in [7, 11) is 0. The van der Waals surface area contributed by atoms with Crippen molar-refractivity contribution < 1.29 is 4.79 Å². The summed E-state index contributed by atoms with van der Waals surface area (Å²) < 4.78 is 0. The van der Waals surface area contributed by atoms with Crippen LogP contribution >= 0.6 is 12.6 Å². The lowest BCUT2D eigenvalue weighted by molar-refractivity contribution is -0.107. The van der Waals surface area contributed by atoms with E-state index in [0.717, 1.165) is 0 Å². The van der Waals surface area contributed by atoms with Gasteiger partial charge in [-0.15, -0.1) is 12.6 Å². The largest absolute Gasteiger partial charge is 0.282 e. The topological polar surface area (TPSA) is 17.1 Å². The first-order valence-corrected chi connectivity index (χ1v) is 2.49. The molecule has 0 saturated heterocycles. The van der Waals surface area contributed by atoms with Gasteiger partial charge in [0.05, 0.1) is 0 Å². The van der Waals surface area contributed by atoms with Crippen molar-refractivity contribution in [3.63, 3.8) is 0 Å². The number of rotatable bonds is 1. The Morgan fingerprint density at radius 3 is 2.14 bits per heavy atom. The second-order valence-electron chi connectivity index (χ2n) is 1.28. The summed E-state index contributed by atoms with van der Waals surface area (Å²) in [6.45, 7) is 3.54. The minimum atomic E-state index is -0.150. The molecule has 1 nitrogen and oxygen atoms in total. The van der Waals surface area contributed by atoms with Crippen molar-refractivity contribution in [3.8, 4) is 0 Å². The van der Waals surface area contributed by atoms with Gasteiger partial charge in [0.2, 0.25) is 5.12 Å². The summed E-state index contributed by atoms with van der Waals surface area (Å²) in [6.07, 6.45) is 1.73. The van der Waals surface area contributed by atoms with Crippen LogP contribution in [0.25, 0.3) is 0 Å². The van der Waals surface area contributed by atoms with Gasteiger partial charge >= 0.3 is 0 Å². The van der Waals surface area contributed by atoms with Crippen molar-refractivity contribution >= 4 is 17.7 Å². The molecule has 0 unspecified atom stereocenters. The third-order valence-corrected chi connectivity index (χ3v) is 1.12. The number of carbonyl (C=O) groups excluding carboxylic acids is 1. The Hall–Kier alpha value is -0.240. The summed E-state index contributed by atoms with van der Waals surface area (Å²) in [5.74, 6) is 0. The Bertz CT molecular complexity index is 105. The maximum absolute atomic E-state index is 10.2. The zero-order valence-electron chi connectivity index (χ0n) is 4.43. The van der Waals surface area contributed by atoms with E-state index in [1.165, 1.54) is 0 Å². The number of allylic oxidation sites excluding steroid dienone is 1. The van der Waals surface area contributed by atoms with Crippen molar-refractivity contribution in [1.29, 1.82) is 0 Å². The summed E-state index contributed by atoms with van der Waals surface area (Å²) >= 11 is 3.57. The van der Waals surface area contributed by atoms with E-state index in [4.69, 9.17) is 0 Å². The van der Waals surface area contributed by atoms with Crippen molar-refractivity contribution in [2.75, 3.05) is 0 Å². The van der Waals surface area contributed by atoms with Gasteiger partial charge in [-0.1, -0.05) is 6.08 Å². The standard InChI is InChI=1S/C5H8OS/c1-3-4(2)5(6)7/h3H,1-2H3,(H,6,7)/b4-3+. The van der Waals surface area contributed by atoms with Crippen LogP contribution in [0.15, 0.2) is 11.6 Å². The summed E-state index contributed by atoms with van der Waals surface area (Å²) in [5.41, 5.74) is 0.698. The number of hydrogen-bond donors (Lipinski definition) is 1. The van der Waals surface area contributed by atoms with E-state index in [1.54, 1.807) is 13.0 Å². The van der Waals surface area contributed by atoms with Gasteiger partial charge in [0.25, 0.3) is 0 Å². The van der Waals surface area contributed by atoms with Crippen LogP contribution in [0.1, 0.15) is 13.8 Å². The van der Waals surface area contributed by atoms with E-state index >= 15 is 0 Å². The van der Waals surface area contributed by atoms with Gasteiger partial charge in [-0.3, -0.25) is 4.79 Å². The van der Waals surface area contributed by atoms with Crippen LogP contribution in [-0.4, -0.2) is 5.12 Å². The van der Waals surface area contributed by atoms with Gasteiger partial charge in [-0.25, -0.2) is 0 Å².